The van der Waals surface area contributed by atoms with Gasteiger partial charge in [0.2, 0.25) is 0 Å². The SMILES string of the molecule is CN=C(NCCc1cc(C)cc(C)c1)NCCc1cn2ccccc2n1.I. The fraction of sp³-hybridized carbons (Fsp3) is 0.333. The molecule has 0 saturated carbocycles. The minimum Gasteiger partial charge on any atom is -0.356 e. The van der Waals surface area contributed by atoms with E-state index in [1.807, 2.05) is 28.8 Å². The van der Waals surface area contributed by atoms with Gasteiger partial charge >= 0.3 is 0 Å². The Bertz CT molecular complexity index is 847. The molecule has 144 valence electrons. The zero-order chi connectivity index (χ0) is 18.4. The van der Waals surface area contributed by atoms with E-state index in [2.05, 4.69) is 58.9 Å². The van der Waals surface area contributed by atoms with Gasteiger partial charge in [-0.25, -0.2) is 4.98 Å². The molecule has 0 aliphatic rings. The number of hydrogen-bond acceptors (Lipinski definition) is 2. The first-order chi connectivity index (χ1) is 12.6. The molecule has 0 aliphatic heterocycles. The van der Waals surface area contributed by atoms with Crippen LogP contribution in [0.2, 0.25) is 0 Å². The number of halogens is 1. The van der Waals surface area contributed by atoms with Gasteiger partial charge in [-0.1, -0.05) is 35.4 Å². The lowest BCUT2D eigenvalue weighted by atomic mass is 10.1. The highest BCUT2D eigenvalue weighted by atomic mass is 127. The van der Waals surface area contributed by atoms with E-state index < -0.39 is 0 Å². The number of nitrogens with one attached hydrogen (secondary N) is 2. The van der Waals surface area contributed by atoms with Crippen molar-refractivity contribution in [3.63, 3.8) is 0 Å². The number of guanidine groups is 1. The molecule has 2 aromatic heterocycles. The van der Waals surface area contributed by atoms with Gasteiger partial charge in [0.15, 0.2) is 5.96 Å². The van der Waals surface area contributed by atoms with Crippen LogP contribution in [0.4, 0.5) is 0 Å². The molecule has 0 radical (unpaired) electrons. The molecule has 2 heterocycles. The fourth-order valence-corrected chi connectivity index (χ4v) is 3.18. The largest absolute Gasteiger partial charge is 0.356 e. The Labute approximate surface area is 178 Å². The highest BCUT2D eigenvalue weighted by molar-refractivity contribution is 14.0. The smallest absolute Gasteiger partial charge is 0.190 e. The van der Waals surface area contributed by atoms with Gasteiger partial charge in [0, 0.05) is 39.0 Å². The zero-order valence-corrected chi connectivity index (χ0v) is 18.5. The summed E-state index contributed by atoms with van der Waals surface area (Å²) < 4.78 is 2.05. The highest BCUT2D eigenvalue weighted by Gasteiger charge is 2.03. The molecule has 0 fully saturated rings. The minimum atomic E-state index is 0. The molecule has 6 heteroatoms. The number of rotatable bonds is 6. The van der Waals surface area contributed by atoms with Crippen LogP contribution in [-0.2, 0) is 12.8 Å². The highest BCUT2D eigenvalue weighted by Crippen LogP contribution is 2.09. The first-order valence-corrected chi connectivity index (χ1v) is 9.08. The molecule has 3 aromatic rings. The molecular formula is C21H28IN5. The van der Waals surface area contributed by atoms with Gasteiger partial charge in [-0.05, 0) is 38.0 Å². The molecule has 0 amide bonds. The second-order valence-electron chi connectivity index (χ2n) is 6.62. The third kappa shape index (κ3) is 6.23. The van der Waals surface area contributed by atoms with Gasteiger partial charge in [-0.2, -0.15) is 0 Å². The van der Waals surface area contributed by atoms with Crippen LogP contribution in [0, 0.1) is 13.8 Å². The number of benzene rings is 1. The van der Waals surface area contributed by atoms with E-state index in [0.29, 0.717) is 0 Å². The number of aromatic nitrogens is 2. The predicted molar refractivity (Wildman–Crippen MR) is 123 cm³/mol. The van der Waals surface area contributed by atoms with Crippen LogP contribution in [-0.4, -0.2) is 35.5 Å². The fourth-order valence-electron chi connectivity index (χ4n) is 3.18. The lowest BCUT2D eigenvalue weighted by Gasteiger charge is -2.12. The number of nitrogens with zero attached hydrogens (tertiary/aromatic N) is 3. The Kier molecular flexibility index (Phi) is 8.09. The molecule has 27 heavy (non-hydrogen) atoms. The van der Waals surface area contributed by atoms with Crippen LogP contribution in [0.25, 0.3) is 5.65 Å². The average molecular weight is 477 g/mol. The molecule has 2 N–H and O–H groups in total. The summed E-state index contributed by atoms with van der Waals surface area (Å²) in [6.45, 7) is 5.94. The van der Waals surface area contributed by atoms with Gasteiger partial charge in [-0.15, -0.1) is 24.0 Å². The number of imidazole rings is 1. The number of fused-ring (bicyclic) bond motifs is 1. The summed E-state index contributed by atoms with van der Waals surface area (Å²) >= 11 is 0. The van der Waals surface area contributed by atoms with E-state index in [1.165, 1.54) is 16.7 Å². The van der Waals surface area contributed by atoms with Crippen molar-refractivity contribution in [2.24, 2.45) is 4.99 Å². The van der Waals surface area contributed by atoms with Crippen LogP contribution >= 0.6 is 24.0 Å². The van der Waals surface area contributed by atoms with E-state index in [9.17, 15) is 0 Å². The van der Waals surface area contributed by atoms with Gasteiger partial charge < -0.3 is 15.0 Å². The standard InChI is InChI=1S/C21H27N5.HI/c1-16-12-17(2)14-18(13-16)7-9-23-21(22-3)24-10-8-19-15-26-11-5-4-6-20(26)25-19;/h4-6,11-15H,7-10H2,1-3H3,(H2,22,23,24);1H. The van der Waals surface area contributed by atoms with Gasteiger partial charge in [0.1, 0.15) is 5.65 Å². The van der Waals surface area contributed by atoms with Crippen molar-refractivity contribution >= 4 is 35.6 Å². The third-order valence-corrected chi connectivity index (χ3v) is 4.30. The molecule has 5 nitrogen and oxygen atoms in total. The summed E-state index contributed by atoms with van der Waals surface area (Å²) in [6.07, 6.45) is 5.94. The Hall–Kier alpha value is -2.09. The Balaban J connectivity index is 0.00000261. The maximum absolute atomic E-state index is 4.62. The van der Waals surface area contributed by atoms with Crippen molar-refractivity contribution in [3.8, 4) is 0 Å². The van der Waals surface area contributed by atoms with Crippen molar-refractivity contribution in [3.05, 3.63) is 71.2 Å². The van der Waals surface area contributed by atoms with Crippen molar-refractivity contribution in [1.82, 2.24) is 20.0 Å². The topological polar surface area (TPSA) is 53.7 Å². The Morgan fingerprint density at radius 2 is 1.74 bits per heavy atom. The van der Waals surface area contributed by atoms with E-state index in [1.54, 1.807) is 7.05 Å². The van der Waals surface area contributed by atoms with Crippen LogP contribution in [0.5, 0.6) is 0 Å². The van der Waals surface area contributed by atoms with E-state index in [-0.39, 0.29) is 24.0 Å². The molecule has 0 bridgehead atoms. The monoisotopic (exact) mass is 477 g/mol. The van der Waals surface area contributed by atoms with E-state index >= 15 is 0 Å². The molecule has 0 aliphatic carbocycles. The number of aryl methyl sites for hydroxylation is 2. The quantitative estimate of drug-likeness (QED) is 0.325. The maximum atomic E-state index is 4.62. The van der Waals surface area contributed by atoms with Crippen LogP contribution in [0.1, 0.15) is 22.4 Å². The van der Waals surface area contributed by atoms with Gasteiger partial charge in [0.05, 0.1) is 5.69 Å². The molecule has 3 rings (SSSR count). The molecule has 1 aromatic carbocycles. The van der Waals surface area contributed by atoms with Gasteiger partial charge in [-0.3, -0.25) is 4.99 Å². The minimum absolute atomic E-state index is 0. The zero-order valence-electron chi connectivity index (χ0n) is 16.2. The Morgan fingerprint density at radius 1 is 1.04 bits per heavy atom. The summed E-state index contributed by atoms with van der Waals surface area (Å²) in [5.74, 6) is 0.832. The van der Waals surface area contributed by atoms with Crippen LogP contribution < -0.4 is 10.6 Å². The van der Waals surface area contributed by atoms with Gasteiger partial charge in [0.25, 0.3) is 0 Å². The average Bonchev–Trinajstić information content (AvgIpc) is 3.02. The normalized spacial score (nSPS) is 11.3. The maximum Gasteiger partial charge on any atom is 0.190 e. The summed E-state index contributed by atoms with van der Waals surface area (Å²) in [6, 6.07) is 12.7. The summed E-state index contributed by atoms with van der Waals surface area (Å²) in [7, 11) is 1.80. The van der Waals surface area contributed by atoms with Crippen molar-refractivity contribution in [2.75, 3.05) is 20.1 Å². The van der Waals surface area contributed by atoms with E-state index in [0.717, 1.165) is 43.2 Å². The molecule has 0 unspecified atom stereocenters. The lowest BCUT2D eigenvalue weighted by Crippen LogP contribution is -2.39. The predicted octanol–water partition coefficient (Wildman–Crippen LogP) is 3.52. The van der Waals surface area contributed by atoms with E-state index in [4.69, 9.17) is 0 Å². The molecular weight excluding hydrogens is 449 g/mol. The summed E-state index contributed by atoms with van der Waals surface area (Å²) in [4.78, 5) is 8.91. The van der Waals surface area contributed by atoms with Crippen LogP contribution in [0.3, 0.4) is 0 Å². The second kappa shape index (κ2) is 10.3. The number of pyridine rings is 1. The molecule has 0 atom stereocenters. The third-order valence-electron chi connectivity index (χ3n) is 4.30. The molecule has 0 spiro atoms. The first kappa shape index (κ1) is 21.2. The second-order valence-corrected chi connectivity index (χ2v) is 6.62. The number of hydrogen-bond donors (Lipinski definition) is 2. The summed E-state index contributed by atoms with van der Waals surface area (Å²) in [5, 5.41) is 6.74. The first-order valence-electron chi connectivity index (χ1n) is 9.08. The Morgan fingerprint density at radius 3 is 2.41 bits per heavy atom. The number of aliphatic imine (C=N–C) groups is 1. The van der Waals surface area contributed by atoms with Crippen molar-refractivity contribution in [1.29, 1.82) is 0 Å². The lowest BCUT2D eigenvalue weighted by molar-refractivity contribution is 0.778. The van der Waals surface area contributed by atoms with Crippen molar-refractivity contribution < 1.29 is 0 Å². The van der Waals surface area contributed by atoms with Crippen LogP contribution in [0.15, 0.2) is 53.8 Å². The molecule has 0 saturated heterocycles. The van der Waals surface area contributed by atoms with Crippen molar-refractivity contribution in [2.45, 2.75) is 26.7 Å². The summed E-state index contributed by atoms with van der Waals surface area (Å²) in [5.41, 5.74) is 6.05.